The molecular weight excluding hydrogens is 154 g/mol. The molecule has 1 fully saturated rings. The highest BCUT2D eigenvalue weighted by atomic mass is 17.4. The highest BCUT2D eigenvalue weighted by Crippen LogP contribution is 2.03. The van der Waals surface area contributed by atoms with E-state index in [9.17, 15) is 4.79 Å². The summed E-state index contributed by atoms with van der Waals surface area (Å²) >= 11 is 0. The summed E-state index contributed by atoms with van der Waals surface area (Å²) in [6.45, 7) is 0.858. The molecule has 0 amide bonds. The van der Waals surface area contributed by atoms with Gasteiger partial charge in [0.2, 0.25) is 0 Å². The van der Waals surface area contributed by atoms with E-state index in [1.807, 2.05) is 0 Å². The largest absolute Gasteiger partial charge is 0.480 e. The van der Waals surface area contributed by atoms with Gasteiger partial charge in [-0.2, -0.15) is 0 Å². The van der Waals surface area contributed by atoms with Gasteiger partial charge in [0.25, 0.3) is 0 Å². The van der Waals surface area contributed by atoms with Gasteiger partial charge in [-0.1, -0.05) is 5.04 Å². The van der Waals surface area contributed by atoms with Gasteiger partial charge in [0, 0.05) is 0 Å². The molecule has 66 valence electrons. The molecule has 1 rings (SSSR count). The number of nitrogens with one attached hydrogen (secondary N) is 1. The fraction of sp³-hybridized carbons (Fsp3) is 0.800. The summed E-state index contributed by atoms with van der Waals surface area (Å²) in [7, 11) is 0. The van der Waals surface area contributed by atoms with E-state index in [2.05, 4.69) is 10.4 Å². The maximum absolute atomic E-state index is 10.1. The molecule has 0 aromatic rings. The molecule has 0 spiro atoms. The molecule has 1 aliphatic rings. The van der Waals surface area contributed by atoms with Gasteiger partial charge < -0.3 is 10.4 Å². The number of carboxylic acids is 1. The first-order chi connectivity index (χ1) is 5.22. The van der Waals surface area contributed by atoms with Crippen molar-refractivity contribution in [2.45, 2.75) is 18.9 Å². The minimum Gasteiger partial charge on any atom is -0.480 e. The van der Waals surface area contributed by atoms with Crippen LogP contribution in [0.5, 0.6) is 0 Å². The molecule has 0 aromatic carbocycles. The van der Waals surface area contributed by atoms with Crippen LogP contribution in [0, 0.1) is 0 Å². The van der Waals surface area contributed by atoms with E-state index >= 15 is 0 Å². The Bertz CT molecular complexity index is 111. The van der Waals surface area contributed by atoms with Gasteiger partial charge in [-0.15, -0.1) is 0 Å². The molecule has 0 saturated carbocycles. The summed E-state index contributed by atoms with van der Waals surface area (Å²) < 4.78 is 0. The van der Waals surface area contributed by atoms with Gasteiger partial charge in [0.15, 0.2) is 0 Å². The van der Waals surface area contributed by atoms with Crippen LogP contribution in [-0.4, -0.2) is 34.2 Å². The van der Waals surface area contributed by atoms with E-state index in [-0.39, 0.29) is 6.04 Å². The van der Waals surface area contributed by atoms with Crippen LogP contribution in [0.2, 0.25) is 0 Å². The second kappa shape index (κ2) is 6.05. The number of hydrogen-bond acceptors (Lipinski definition) is 5. The van der Waals surface area contributed by atoms with Crippen molar-refractivity contribution < 1.29 is 25.5 Å². The summed E-state index contributed by atoms with van der Waals surface area (Å²) in [5.74, 6) is -0.720. The quantitative estimate of drug-likeness (QED) is 0.316. The molecule has 1 aliphatic heterocycles. The van der Waals surface area contributed by atoms with Crippen molar-refractivity contribution in [3.05, 3.63) is 0 Å². The van der Waals surface area contributed by atoms with Crippen LogP contribution >= 0.6 is 0 Å². The second-order valence-corrected chi connectivity index (χ2v) is 2.07. The Morgan fingerprint density at radius 3 is 2.27 bits per heavy atom. The van der Waals surface area contributed by atoms with Crippen LogP contribution in [0.1, 0.15) is 12.8 Å². The number of carboxylic acid groups (broad SMARTS) is 1. The molecule has 11 heavy (non-hydrogen) atoms. The highest BCUT2D eigenvalue weighted by molar-refractivity contribution is 5.73. The van der Waals surface area contributed by atoms with Crippen LogP contribution in [-0.2, 0) is 9.83 Å². The molecule has 0 radical (unpaired) electrons. The second-order valence-electron chi connectivity index (χ2n) is 2.07. The smallest absolute Gasteiger partial charge is 0.320 e. The molecular formula is C5H11NO5. The standard InChI is InChI=1S/C5H9NO2.H2O3/c7-5(8)4-2-1-3-6-4;1-3-2/h4,6H,1-3H2,(H,7,8);1-2H. The van der Waals surface area contributed by atoms with E-state index in [0.29, 0.717) is 0 Å². The Balaban J connectivity index is 0.000000292. The van der Waals surface area contributed by atoms with Gasteiger partial charge in [-0.25, -0.2) is 10.5 Å². The average molecular weight is 165 g/mol. The first-order valence-corrected chi connectivity index (χ1v) is 3.13. The predicted molar refractivity (Wildman–Crippen MR) is 35.0 cm³/mol. The topological polar surface area (TPSA) is 99.0 Å². The van der Waals surface area contributed by atoms with Crippen LogP contribution in [0.4, 0.5) is 0 Å². The lowest BCUT2D eigenvalue weighted by atomic mass is 10.2. The molecule has 0 aromatic heterocycles. The van der Waals surface area contributed by atoms with Crippen molar-refractivity contribution in [1.29, 1.82) is 0 Å². The number of hydrogen-bond donors (Lipinski definition) is 4. The van der Waals surface area contributed by atoms with Gasteiger partial charge in [0.1, 0.15) is 6.04 Å². The molecule has 0 bridgehead atoms. The van der Waals surface area contributed by atoms with Crippen LogP contribution < -0.4 is 5.32 Å². The minimum atomic E-state index is -0.720. The Morgan fingerprint density at radius 1 is 1.55 bits per heavy atom. The van der Waals surface area contributed by atoms with Crippen molar-refractivity contribution >= 4 is 5.97 Å². The summed E-state index contributed by atoms with van der Waals surface area (Å²) in [4.78, 5) is 10.1. The maximum Gasteiger partial charge on any atom is 0.320 e. The van der Waals surface area contributed by atoms with Gasteiger partial charge in [-0.3, -0.25) is 4.79 Å². The summed E-state index contributed by atoms with van der Waals surface area (Å²) in [5.41, 5.74) is 0. The number of rotatable bonds is 1. The fourth-order valence-electron chi connectivity index (χ4n) is 0.895. The zero-order valence-corrected chi connectivity index (χ0v) is 5.86. The SMILES string of the molecule is O=C(O)C1CCCN1.OOO. The summed E-state index contributed by atoms with van der Waals surface area (Å²) in [5, 5.41) is 26.7. The first kappa shape index (κ1) is 10.3. The minimum absolute atomic E-state index is 0.269. The fourth-order valence-corrected chi connectivity index (χ4v) is 0.895. The van der Waals surface area contributed by atoms with Gasteiger partial charge in [-0.05, 0) is 19.4 Å². The number of aliphatic carboxylic acids is 1. The summed E-state index contributed by atoms with van der Waals surface area (Å²) in [6.07, 6.45) is 1.78. The molecule has 6 heteroatoms. The lowest BCUT2D eigenvalue weighted by Crippen LogP contribution is -2.29. The lowest BCUT2D eigenvalue weighted by Gasteiger charge is -1.99. The molecule has 6 nitrogen and oxygen atoms in total. The van der Waals surface area contributed by atoms with E-state index in [4.69, 9.17) is 15.6 Å². The average Bonchev–Trinajstić information content (AvgIpc) is 2.38. The number of carbonyl (C=O) groups is 1. The molecule has 4 N–H and O–H groups in total. The third kappa shape index (κ3) is 4.68. The van der Waals surface area contributed by atoms with Gasteiger partial charge in [0.05, 0.1) is 0 Å². The highest BCUT2D eigenvalue weighted by Gasteiger charge is 2.20. The van der Waals surface area contributed by atoms with Crippen LogP contribution in [0.3, 0.4) is 0 Å². The predicted octanol–water partition coefficient (Wildman–Crippen LogP) is -0.228. The lowest BCUT2D eigenvalue weighted by molar-refractivity contribution is -0.465. The van der Waals surface area contributed by atoms with E-state index in [1.165, 1.54) is 0 Å². The zero-order valence-electron chi connectivity index (χ0n) is 5.86. The molecule has 1 unspecified atom stereocenters. The van der Waals surface area contributed by atoms with E-state index < -0.39 is 5.97 Å². The first-order valence-electron chi connectivity index (χ1n) is 3.13. The maximum atomic E-state index is 10.1. The van der Waals surface area contributed by atoms with Gasteiger partial charge >= 0.3 is 5.97 Å². The Kier molecular flexibility index (Phi) is 5.67. The van der Waals surface area contributed by atoms with E-state index in [1.54, 1.807) is 0 Å². The third-order valence-corrected chi connectivity index (χ3v) is 1.36. The normalized spacial score (nSPS) is 22.2. The van der Waals surface area contributed by atoms with E-state index in [0.717, 1.165) is 19.4 Å². The van der Waals surface area contributed by atoms with Crippen LogP contribution in [0.15, 0.2) is 0 Å². The Morgan fingerprint density at radius 2 is 2.09 bits per heavy atom. The molecule has 1 heterocycles. The van der Waals surface area contributed by atoms with Crippen molar-refractivity contribution in [3.8, 4) is 0 Å². The Labute approximate surface area is 63.3 Å². The molecule has 0 aliphatic carbocycles. The third-order valence-electron chi connectivity index (χ3n) is 1.36. The van der Waals surface area contributed by atoms with Crippen molar-refractivity contribution in [2.75, 3.05) is 6.54 Å². The monoisotopic (exact) mass is 165 g/mol. The van der Waals surface area contributed by atoms with Crippen molar-refractivity contribution in [1.82, 2.24) is 5.32 Å². The molecule has 1 atom stereocenters. The van der Waals surface area contributed by atoms with Crippen molar-refractivity contribution in [2.24, 2.45) is 0 Å². The van der Waals surface area contributed by atoms with Crippen molar-refractivity contribution in [3.63, 3.8) is 0 Å². The zero-order chi connectivity index (χ0) is 8.69. The Hall–Kier alpha value is -0.690. The molecule has 1 saturated heterocycles. The van der Waals surface area contributed by atoms with Crippen LogP contribution in [0.25, 0.3) is 0 Å². The summed E-state index contributed by atoms with van der Waals surface area (Å²) in [6, 6.07) is -0.269.